The molecule has 0 N–H and O–H groups in total. The van der Waals surface area contributed by atoms with Crippen molar-refractivity contribution in [1.29, 1.82) is 0 Å². The summed E-state index contributed by atoms with van der Waals surface area (Å²) in [5, 5.41) is 0. The first kappa shape index (κ1) is 16.7. The highest BCUT2D eigenvalue weighted by Gasteiger charge is 2.57. The predicted octanol–water partition coefficient (Wildman–Crippen LogP) is 4.51. The van der Waals surface area contributed by atoms with Crippen molar-refractivity contribution in [3.05, 3.63) is 35.9 Å². The Hall–Kier alpha value is -1.15. The minimum Gasteiger partial charge on any atom is -0.301 e. The molecular weight excluding hydrogens is 282 g/mol. The lowest BCUT2D eigenvalue weighted by Gasteiger charge is -2.59. The van der Waals surface area contributed by atoms with Gasteiger partial charge in [-0.05, 0) is 63.1 Å². The van der Waals surface area contributed by atoms with Gasteiger partial charge in [0.05, 0.1) is 0 Å². The van der Waals surface area contributed by atoms with Crippen LogP contribution in [0.1, 0.15) is 58.4 Å². The van der Waals surface area contributed by atoms with Crippen LogP contribution in [-0.4, -0.2) is 29.8 Å². The highest BCUT2D eigenvalue weighted by molar-refractivity contribution is 5.85. The second-order valence-corrected chi connectivity index (χ2v) is 8.25. The van der Waals surface area contributed by atoms with Crippen LogP contribution in [0.2, 0.25) is 0 Å². The number of carbonyl (C=O) groups excluding carboxylic acids is 1. The van der Waals surface area contributed by atoms with Crippen LogP contribution in [0.4, 0.5) is 0 Å². The molecule has 0 radical (unpaired) electrons. The van der Waals surface area contributed by atoms with E-state index in [1.807, 2.05) is 0 Å². The summed E-state index contributed by atoms with van der Waals surface area (Å²) in [6.45, 7) is 11.1. The van der Waals surface area contributed by atoms with E-state index in [2.05, 4.69) is 62.9 Å². The zero-order valence-electron chi connectivity index (χ0n) is 15.1. The van der Waals surface area contributed by atoms with Gasteiger partial charge >= 0.3 is 0 Å². The second kappa shape index (κ2) is 6.39. The molecule has 2 aliphatic rings. The minimum absolute atomic E-state index is 0.152. The molecule has 3 rings (SSSR count). The molecule has 0 amide bonds. The summed E-state index contributed by atoms with van der Waals surface area (Å²) in [6.07, 6.45) is 3.59. The molecule has 2 heteroatoms. The Bertz CT molecular complexity index is 540. The molecule has 1 saturated heterocycles. The molecule has 1 aliphatic carbocycles. The van der Waals surface area contributed by atoms with E-state index in [0.717, 1.165) is 6.42 Å². The maximum Gasteiger partial charge on any atom is 0.139 e. The SMILES string of the molecule is CC(C)C(=O)C1CC2(CCN(C(C)C)CC2)C1c1ccccc1. The normalized spacial score (nSPS) is 27.4. The van der Waals surface area contributed by atoms with E-state index in [9.17, 15) is 4.79 Å². The summed E-state index contributed by atoms with van der Waals surface area (Å²) < 4.78 is 0. The van der Waals surface area contributed by atoms with Crippen LogP contribution in [0.5, 0.6) is 0 Å². The predicted molar refractivity (Wildman–Crippen MR) is 95.5 cm³/mol. The van der Waals surface area contributed by atoms with Gasteiger partial charge in [-0.3, -0.25) is 4.79 Å². The van der Waals surface area contributed by atoms with E-state index in [-0.39, 0.29) is 11.8 Å². The number of rotatable bonds is 4. The Labute approximate surface area is 141 Å². The van der Waals surface area contributed by atoms with Crippen LogP contribution >= 0.6 is 0 Å². The van der Waals surface area contributed by atoms with Gasteiger partial charge in [0.15, 0.2) is 0 Å². The van der Waals surface area contributed by atoms with Crippen molar-refractivity contribution in [3.63, 3.8) is 0 Å². The molecule has 1 aromatic carbocycles. The van der Waals surface area contributed by atoms with Gasteiger partial charge in [0, 0.05) is 17.9 Å². The summed E-state index contributed by atoms with van der Waals surface area (Å²) in [5.74, 6) is 1.30. The van der Waals surface area contributed by atoms with Crippen molar-refractivity contribution in [2.45, 2.75) is 58.9 Å². The van der Waals surface area contributed by atoms with Crippen molar-refractivity contribution in [2.24, 2.45) is 17.3 Å². The van der Waals surface area contributed by atoms with Crippen molar-refractivity contribution >= 4 is 5.78 Å². The number of benzene rings is 1. The number of hydrogen-bond acceptors (Lipinski definition) is 2. The molecular formula is C21H31NO. The molecule has 1 spiro atoms. The molecule has 126 valence electrons. The Morgan fingerprint density at radius 3 is 2.22 bits per heavy atom. The number of hydrogen-bond donors (Lipinski definition) is 0. The van der Waals surface area contributed by atoms with Crippen molar-refractivity contribution < 1.29 is 4.79 Å². The lowest BCUT2D eigenvalue weighted by Crippen LogP contribution is -2.56. The monoisotopic (exact) mass is 313 g/mol. The number of Topliss-reactive ketones (excluding diaryl/α,β-unsaturated/α-hetero) is 1. The largest absolute Gasteiger partial charge is 0.301 e. The van der Waals surface area contributed by atoms with E-state index < -0.39 is 0 Å². The van der Waals surface area contributed by atoms with Crippen LogP contribution < -0.4 is 0 Å². The highest BCUT2D eigenvalue weighted by Crippen LogP contribution is 2.62. The molecule has 0 bridgehead atoms. The lowest BCUT2D eigenvalue weighted by molar-refractivity contribution is -0.140. The Morgan fingerprint density at radius 1 is 1.09 bits per heavy atom. The average molecular weight is 313 g/mol. The molecule has 2 atom stereocenters. The van der Waals surface area contributed by atoms with Gasteiger partial charge in [0.25, 0.3) is 0 Å². The molecule has 1 heterocycles. The average Bonchev–Trinajstić information content (AvgIpc) is 2.53. The van der Waals surface area contributed by atoms with Gasteiger partial charge < -0.3 is 4.90 Å². The van der Waals surface area contributed by atoms with Crippen LogP contribution in [-0.2, 0) is 4.79 Å². The lowest BCUT2D eigenvalue weighted by atomic mass is 9.47. The molecule has 1 saturated carbocycles. The molecule has 2 unspecified atom stereocenters. The van der Waals surface area contributed by atoms with E-state index in [4.69, 9.17) is 0 Å². The zero-order valence-corrected chi connectivity index (χ0v) is 15.1. The smallest absolute Gasteiger partial charge is 0.139 e. The van der Waals surface area contributed by atoms with Crippen LogP contribution in [0.25, 0.3) is 0 Å². The van der Waals surface area contributed by atoms with Gasteiger partial charge in [0.1, 0.15) is 5.78 Å². The Kier molecular flexibility index (Phi) is 4.64. The molecule has 1 aromatic rings. The van der Waals surface area contributed by atoms with E-state index in [1.165, 1.54) is 31.5 Å². The molecule has 0 aromatic heterocycles. The van der Waals surface area contributed by atoms with Gasteiger partial charge in [0.2, 0.25) is 0 Å². The number of carbonyl (C=O) groups is 1. The van der Waals surface area contributed by atoms with Gasteiger partial charge in [-0.25, -0.2) is 0 Å². The molecule has 2 nitrogen and oxygen atoms in total. The minimum atomic E-state index is 0.152. The summed E-state index contributed by atoms with van der Waals surface area (Å²) in [4.78, 5) is 15.3. The summed E-state index contributed by atoms with van der Waals surface area (Å²) in [6, 6.07) is 11.4. The van der Waals surface area contributed by atoms with Crippen LogP contribution in [0.15, 0.2) is 30.3 Å². The first-order valence-corrected chi connectivity index (χ1v) is 9.27. The number of piperidine rings is 1. The fourth-order valence-electron chi connectivity index (χ4n) is 4.89. The number of likely N-dealkylation sites (tertiary alicyclic amines) is 1. The maximum atomic E-state index is 12.7. The topological polar surface area (TPSA) is 20.3 Å². The van der Waals surface area contributed by atoms with Crippen LogP contribution in [0, 0.1) is 17.3 Å². The van der Waals surface area contributed by atoms with Crippen LogP contribution in [0.3, 0.4) is 0 Å². The van der Waals surface area contributed by atoms with Crippen molar-refractivity contribution in [2.75, 3.05) is 13.1 Å². The summed E-state index contributed by atoms with van der Waals surface area (Å²) in [5.41, 5.74) is 1.75. The standard InChI is InChI=1S/C21H31NO/c1-15(2)20(23)18-14-21(10-12-22(13-11-21)16(3)4)19(18)17-8-6-5-7-9-17/h5-9,15-16,18-19H,10-14H2,1-4H3. The quantitative estimate of drug-likeness (QED) is 0.815. The third-order valence-corrected chi connectivity index (χ3v) is 6.31. The third kappa shape index (κ3) is 2.98. The van der Waals surface area contributed by atoms with Crippen molar-refractivity contribution in [3.8, 4) is 0 Å². The number of nitrogens with zero attached hydrogens (tertiary/aromatic N) is 1. The Balaban J connectivity index is 1.83. The van der Waals surface area contributed by atoms with Gasteiger partial charge in [-0.15, -0.1) is 0 Å². The first-order chi connectivity index (χ1) is 10.9. The second-order valence-electron chi connectivity index (χ2n) is 8.25. The zero-order chi connectivity index (χ0) is 16.6. The first-order valence-electron chi connectivity index (χ1n) is 9.27. The summed E-state index contributed by atoms with van der Waals surface area (Å²) >= 11 is 0. The Morgan fingerprint density at radius 2 is 1.70 bits per heavy atom. The van der Waals surface area contributed by atoms with E-state index >= 15 is 0 Å². The fourth-order valence-corrected chi connectivity index (χ4v) is 4.89. The van der Waals surface area contributed by atoms with E-state index in [0.29, 0.717) is 23.2 Å². The fraction of sp³-hybridized carbons (Fsp3) is 0.667. The summed E-state index contributed by atoms with van der Waals surface area (Å²) in [7, 11) is 0. The third-order valence-electron chi connectivity index (χ3n) is 6.31. The van der Waals surface area contributed by atoms with Gasteiger partial charge in [-0.1, -0.05) is 44.2 Å². The molecule has 2 fully saturated rings. The van der Waals surface area contributed by atoms with Gasteiger partial charge in [-0.2, -0.15) is 0 Å². The van der Waals surface area contributed by atoms with E-state index in [1.54, 1.807) is 0 Å². The number of ketones is 1. The maximum absolute atomic E-state index is 12.7. The van der Waals surface area contributed by atoms with Crippen molar-refractivity contribution in [1.82, 2.24) is 4.90 Å². The molecule has 1 aliphatic heterocycles. The highest BCUT2D eigenvalue weighted by atomic mass is 16.1. The molecule has 23 heavy (non-hydrogen) atoms.